The molecule has 0 saturated heterocycles. The van der Waals surface area contributed by atoms with E-state index in [4.69, 9.17) is 10.5 Å². The zero-order valence-electron chi connectivity index (χ0n) is 12.3. The molecule has 0 atom stereocenters. The van der Waals surface area contributed by atoms with E-state index in [1.54, 1.807) is 7.11 Å². The van der Waals surface area contributed by atoms with Crippen molar-refractivity contribution in [1.29, 1.82) is 0 Å². The van der Waals surface area contributed by atoms with Gasteiger partial charge < -0.3 is 15.4 Å². The van der Waals surface area contributed by atoms with Crippen molar-refractivity contribution in [2.24, 2.45) is 11.1 Å². The molecule has 0 aliphatic rings. The summed E-state index contributed by atoms with van der Waals surface area (Å²) in [6, 6.07) is 7.76. The van der Waals surface area contributed by atoms with Crippen LogP contribution in [-0.4, -0.2) is 31.0 Å². The first-order chi connectivity index (χ1) is 8.94. The van der Waals surface area contributed by atoms with Crippen molar-refractivity contribution in [3.63, 3.8) is 0 Å². The highest BCUT2D eigenvalue weighted by Gasteiger charge is 2.29. The van der Waals surface area contributed by atoms with Crippen molar-refractivity contribution in [2.75, 3.05) is 20.2 Å². The Morgan fingerprint density at radius 2 is 1.89 bits per heavy atom. The lowest BCUT2D eigenvalue weighted by molar-refractivity contribution is -0.140. The van der Waals surface area contributed by atoms with E-state index in [-0.39, 0.29) is 5.91 Å². The van der Waals surface area contributed by atoms with Gasteiger partial charge in [-0.15, -0.1) is 0 Å². The average molecular weight is 264 g/mol. The van der Waals surface area contributed by atoms with Crippen LogP contribution < -0.4 is 10.5 Å². The Morgan fingerprint density at radius 3 is 2.32 bits per heavy atom. The predicted octanol–water partition coefficient (Wildman–Crippen LogP) is 2.03. The van der Waals surface area contributed by atoms with Gasteiger partial charge in [0.2, 0.25) is 5.91 Å². The molecule has 0 bridgehead atoms. The van der Waals surface area contributed by atoms with E-state index in [0.29, 0.717) is 19.6 Å². The number of carbonyl (C=O) groups excluding carboxylic acids is 1. The molecule has 0 heterocycles. The molecule has 1 aromatic carbocycles. The van der Waals surface area contributed by atoms with Gasteiger partial charge in [0.05, 0.1) is 12.5 Å². The van der Waals surface area contributed by atoms with Crippen LogP contribution in [0.3, 0.4) is 0 Å². The average Bonchev–Trinajstić information content (AvgIpc) is 2.44. The summed E-state index contributed by atoms with van der Waals surface area (Å²) in [4.78, 5) is 14.2. The second-order valence-corrected chi connectivity index (χ2v) is 5.26. The smallest absolute Gasteiger partial charge is 0.229 e. The first-order valence-electron chi connectivity index (χ1n) is 6.57. The minimum atomic E-state index is -0.511. The highest BCUT2D eigenvalue weighted by atomic mass is 16.5. The lowest BCUT2D eigenvalue weighted by Gasteiger charge is -2.30. The fraction of sp³-hybridized carbons (Fsp3) is 0.533. The van der Waals surface area contributed by atoms with Gasteiger partial charge in [-0.3, -0.25) is 4.79 Å². The summed E-state index contributed by atoms with van der Waals surface area (Å²) in [6.07, 6.45) is 0. The number of hydrogen-bond acceptors (Lipinski definition) is 3. The van der Waals surface area contributed by atoms with Gasteiger partial charge in [0.1, 0.15) is 5.75 Å². The Balaban J connectivity index is 2.78. The molecule has 0 aliphatic carbocycles. The Kier molecular flexibility index (Phi) is 5.36. The largest absolute Gasteiger partial charge is 0.497 e. The number of carbonyl (C=O) groups is 1. The number of nitrogens with zero attached hydrogens (tertiary/aromatic N) is 1. The van der Waals surface area contributed by atoms with Crippen LogP contribution in [0.2, 0.25) is 0 Å². The van der Waals surface area contributed by atoms with Crippen LogP contribution in [0.25, 0.3) is 0 Å². The Hall–Kier alpha value is -1.55. The molecule has 4 nitrogen and oxygen atoms in total. The molecular formula is C15H24N2O2. The highest BCUT2D eigenvalue weighted by molar-refractivity contribution is 5.82. The van der Waals surface area contributed by atoms with E-state index in [0.717, 1.165) is 11.3 Å². The van der Waals surface area contributed by atoms with Crippen molar-refractivity contribution in [3.8, 4) is 5.75 Å². The maximum atomic E-state index is 12.4. The molecule has 4 heteroatoms. The molecular weight excluding hydrogens is 240 g/mol. The van der Waals surface area contributed by atoms with Crippen molar-refractivity contribution >= 4 is 5.91 Å². The lowest BCUT2D eigenvalue weighted by atomic mass is 9.91. The highest BCUT2D eigenvalue weighted by Crippen LogP contribution is 2.19. The third-order valence-electron chi connectivity index (χ3n) is 3.29. The molecule has 0 aromatic heterocycles. The minimum absolute atomic E-state index is 0.0910. The summed E-state index contributed by atoms with van der Waals surface area (Å²) in [5.74, 6) is 0.911. The fourth-order valence-corrected chi connectivity index (χ4v) is 1.79. The predicted molar refractivity (Wildman–Crippen MR) is 76.9 cm³/mol. The molecule has 1 rings (SSSR count). The number of benzene rings is 1. The van der Waals surface area contributed by atoms with Crippen LogP contribution in [0.15, 0.2) is 24.3 Å². The Morgan fingerprint density at radius 1 is 1.32 bits per heavy atom. The van der Waals surface area contributed by atoms with Crippen LogP contribution in [0.5, 0.6) is 5.75 Å². The van der Waals surface area contributed by atoms with E-state index >= 15 is 0 Å². The van der Waals surface area contributed by atoms with Gasteiger partial charge in [-0.2, -0.15) is 0 Å². The van der Waals surface area contributed by atoms with Gasteiger partial charge in [-0.1, -0.05) is 12.1 Å². The second kappa shape index (κ2) is 6.57. The van der Waals surface area contributed by atoms with Crippen LogP contribution in [0, 0.1) is 5.41 Å². The molecule has 1 aromatic rings. The molecule has 0 radical (unpaired) electrons. The number of amides is 1. The lowest BCUT2D eigenvalue weighted by Crippen LogP contribution is -2.44. The number of nitrogens with two attached hydrogens (primary N) is 1. The monoisotopic (exact) mass is 264 g/mol. The summed E-state index contributed by atoms with van der Waals surface area (Å²) in [6.45, 7) is 7.37. The van der Waals surface area contributed by atoms with Crippen LogP contribution in [0.1, 0.15) is 26.3 Å². The molecule has 0 spiro atoms. The van der Waals surface area contributed by atoms with E-state index in [2.05, 4.69) is 0 Å². The van der Waals surface area contributed by atoms with Crippen molar-refractivity contribution in [3.05, 3.63) is 29.8 Å². The maximum absolute atomic E-state index is 12.4. The summed E-state index contributed by atoms with van der Waals surface area (Å²) < 4.78 is 5.12. The van der Waals surface area contributed by atoms with Crippen molar-refractivity contribution < 1.29 is 9.53 Å². The molecule has 19 heavy (non-hydrogen) atoms. The summed E-state index contributed by atoms with van der Waals surface area (Å²) in [5, 5.41) is 0. The molecule has 0 saturated carbocycles. The van der Waals surface area contributed by atoms with Crippen molar-refractivity contribution in [1.82, 2.24) is 4.90 Å². The first-order valence-corrected chi connectivity index (χ1v) is 6.57. The number of hydrogen-bond donors (Lipinski definition) is 1. The molecule has 2 N–H and O–H groups in total. The third kappa shape index (κ3) is 3.96. The standard InChI is InChI=1S/C15H24N2O2/c1-5-17(14(18)15(2,3)11-16)10-12-6-8-13(19-4)9-7-12/h6-9H,5,10-11,16H2,1-4H3. The van der Waals surface area contributed by atoms with Gasteiger partial charge in [0.25, 0.3) is 0 Å². The van der Waals surface area contributed by atoms with E-state index in [1.165, 1.54) is 0 Å². The summed E-state index contributed by atoms with van der Waals surface area (Å²) in [5.41, 5.74) is 6.24. The van der Waals surface area contributed by atoms with Gasteiger partial charge in [-0.05, 0) is 38.5 Å². The van der Waals surface area contributed by atoms with Crippen LogP contribution in [-0.2, 0) is 11.3 Å². The molecule has 1 amide bonds. The SMILES string of the molecule is CCN(Cc1ccc(OC)cc1)C(=O)C(C)(C)CN. The maximum Gasteiger partial charge on any atom is 0.229 e. The second-order valence-electron chi connectivity index (χ2n) is 5.26. The number of methoxy groups -OCH3 is 1. The summed E-state index contributed by atoms with van der Waals surface area (Å²) in [7, 11) is 1.64. The minimum Gasteiger partial charge on any atom is -0.497 e. The quantitative estimate of drug-likeness (QED) is 0.855. The third-order valence-corrected chi connectivity index (χ3v) is 3.29. The van der Waals surface area contributed by atoms with Gasteiger partial charge in [0, 0.05) is 19.6 Å². The van der Waals surface area contributed by atoms with E-state index in [9.17, 15) is 4.79 Å². The molecule has 0 unspecified atom stereocenters. The zero-order chi connectivity index (χ0) is 14.5. The topological polar surface area (TPSA) is 55.6 Å². The van der Waals surface area contributed by atoms with Gasteiger partial charge in [0.15, 0.2) is 0 Å². The van der Waals surface area contributed by atoms with E-state index < -0.39 is 5.41 Å². The van der Waals surface area contributed by atoms with Crippen LogP contribution in [0.4, 0.5) is 0 Å². The number of ether oxygens (including phenoxy) is 1. The zero-order valence-corrected chi connectivity index (χ0v) is 12.3. The molecule has 106 valence electrons. The summed E-state index contributed by atoms with van der Waals surface area (Å²) >= 11 is 0. The fourth-order valence-electron chi connectivity index (χ4n) is 1.79. The molecule has 0 aliphatic heterocycles. The Labute approximate surface area is 115 Å². The number of rotatable bonds is 6. The first kappa shape index (κ1) is 15.5. The van der Waals surface area contributed by atoms with E-state index in [1.807, 2.05) is 49.9 Å². The van der Waals surface area contributed by atoms with Crippen molar-refractivity contribution in [2.45, 2.75) is 27.3 Å². The van der Waals surface area contributed by atoms with Crippen LogP contribution >= 0.6 is 0 Å². The van der Waals surface area contributed by atoms with Gasteiger partial charge >= 0.3 is 0 Å². The molecule has 0 fully saturated rings. The van der Waals surface area contributed by atoms with Gasteiger partial charge in [-0.25, -0.2) is 0 Å². The Bertz CT molecular complexity index is 413. The normalized spacial score (nSPS) is 11.2.